The molecule has 1 aromatic rings. The number of anilines is 2. The Morgan fingerprint density at radius 1 is 1.14 bits per heavy atom. The summed E-state index contributed by atoms with van der Waals surface area (Å²) in [5, 5.41) is 14.2. The minimum atomic E-state index is -0.909. The third-order valence-corrected chi connectivity index (χ3v) is 3.61. The number of nitrogens with one attached hydrogen (secondary N) is 2. The molecule has 22 heavy (non-hydrogen) atoms. The Balaban J connectivity index is 1.94. The van der Waals surface area contributed by atoms with E-state index in [1.54, 1.807) is 18.2 Å². The van der Waals surface area contributed by atoms with Crippen LogP contribution in [0.3, 0.4) is 0 Å². The Labute approximate surface area is 128 Å². The van der Waals surface area contributed by atoms with Crippen molar-refractivity contribution in [2.75, 3.05) is 10.6 Å². The predicted molar refractivity (Wildman–Crippen MR) is 82.6 cm³/mol. The van der Waals surface area contributed by atoms with Crippen molar-refractivity contribution >= 4 is 29.2 Å². The van der Waals surface area contributed by atoms with Crippen LogP contribution < -0.4 is 10.6 Å². The number of rotatable bonds is 7. The maximum Gasteiger partial charge on any atom is 0.303 e. The van der Waals surface area contributed by atoms with Gasteiger partial charge in [-0.2, -0.15) is 0 Å². The average molecular weight is 304 g/mol. The van der Waals surface area contributed by atoms with E-state index in [4.69, 9.17) is 5.11 Å². The monoisotopic (exact) mass is 304 g/mol. The molecule has 0 saturated heterocycles. The fourth-order valence-electron chi connectivity index (χ4n) is 2.10. The predicted octanol–water partition coefficient (Wildman–Crippen LogP) is 2.54. The molecule has 1 saturated carbocycles. The number of carbonyl (C=O) groups excluding carboxylic acids is 2. The van der Waals surface area contributed by atoms with Crippen LogP contribution in [0.15, 0.2) is 18.2 Å². The Bertz CT molecular complexity index is 594. The van der Waals surface area contributed by atoms with Crippen molar-refractivity contribution in [2.24, 2.45) is 5.92 Å². The molecule has 0 atom stereocenters. The summed E-state index contributed by atoms with van der Waals surface area (Å²) in [5.74, 6) is -0.995. The summed E-state index contributed by atoms with van der Waals surface area (Å²) in [6.45, 7) is 1.83. The molecular formula is C16H20N2O4. The van der Waals surface area contributed by atoms with E-state index in [0.717, 1.165) is 18.4 Å². The van der Waals surface area contributed by atoms with Gasteiger partial charge in [0, 0.05) is 30.1 Å². The van der Waals surface area contributed by atoms with Crippen LogP contribution >= 0.6 is 0 Å². The molecule has 1 fully saturated rings. The van der Waals surface area contributed by atoms with Crippen LogP contribution in [0, 0.1) is 12.8 Å². The molecule has 0 aromatic heterocycles. The summed E-state index contributed by atoms with van der Waals surface area (Å²) in [4.78, 5) is 34.0. The Hall–Kier alpha value is -2.37. The zero-order valence-corrected chi connectivity index (χ0v) is 12.5. The van der Waals surface area contributed by atoms with E-state index >= 15 is 0 Å². The first-order valence-corrected chi connectivity index (χ1v) is 7.39. The largest absolute Gasteiger partial charge is 0.481 e. The van der Waals surface area contributed by atoms with Crippen molar-refractivity contribution in [1.82, 2.24) is 0 Å². The summed E-state index contributed by atoms with van der Waals surface area (Å²) in [5.41, 5.74) is 2.12. The second-order valence-corrected chi connectivity index (χ2v) is 5.54. The van der Waals surface area contributed by atoms with Crippen LogP contribution in [-0.2, 0) is 14.4 Å². The van der Waals surface area contributed by atoms with Gasteiger partial charge in [-0.3, -0.25) is 14.4 Å². The van der Waals surface area contributed by atoms with Crippen molar-refractivity contribution in [3.63, 3.8) is 0 Å². The molecule has 0 bridgehead atoms. The molecule has 0 radical (unpaired) electrons. The molecule has 1 aliphatic rings. The minimum absolute atomic E-state index is 0.0213. The first kappa shape index (κ1) is 16.0. The van der Waals surface area contributed by atoms with Crippen molar-refractivity contribution in [2.45, 2.75) is 39.0 Å². The lowest BCUT2D eigenvalue weighted by molar-refractivity contribution is -0.137. The van der Waals surface area contributed by atoms with Gasteiger partial charge < -0.3 is 15.7 Å². The minimum Gasteiger partial charge on any atom is -0.481 e. The standard InChI is InChI=1S/C16H20N2O4/c1-10-12(17-14(19)6-3-7-15(20)21)4-2-5-13(10)18-16(22)11-8-9-11/h2,4-5,11H,3,6-9H2,1H3,(H,17,19)(H,18,22)(H,20,21). The third kappa shape index (κ3) is 4.58. The zero-order valence-electron chi connectivity index (χ0n) is 12.5. The molecule has 1 aromatic carbocycles. The molecule has 0 heterocycles. The van der Waals surface area contributed by atoms with E-state index in [1.807, 2.05) is 6.92 Å². The van der Waals surface area contributed by atoms with Gasteiger partial charge >= 0.3 is 5.97 Å². The quantitative estimate of drug-likeness (QED) is 0.721. The van der Waals surface area contributed by atoms with Gasteiger partial charge in [-0.25, -0.2) is 0 Å². The molecule has 0 spiro atoms. The molecule has 0 aliphatic heterocycles. The van der Waals surface area contributed by atoms with E-state index in [0.29, 0.717) is 17.8 Å². The normalized spacial score (nSPS) is 13.5. The average Bonchev–Trinajstić information content (AvgIpc) is 3.27. The number of benzene rings is 1. The number of amides is 2. The molecule has 0 unspecified atom stereocenters. The van der Waals surface area contributed by atoms with Gasteiger partial charge in [-0.15, -0.1) is 0 Å². The van der Waals surface area contributed by atoms with Gasteiger partial charge in [0.2, 0.25) is 11.8 Å². The second kappa shape index (κ2) is 7.06. The van der Waals surface area contributed by atoms with Crippen molar-refractivity contribution < 1.29 is 19.5 Å². The molecule has 2 rings (SSSR count). The molecular weight excluding hydrogens is 284 g/mol. The highest BCUT2D eigenvalue weighted by atomic mass is 16.4. The van der Waals surface area contributed by atoms with Crippen molar-refractivity contribution in [3.8, 4) is 0 Å². The van der Waals surface area contributed by atoms with Crippen molar-refractivity contribution in [3.05, 3.63) is 23.8 Å². The van der Waals surface area contributed by atoms with Crippen molar-refractivity contribution in [1.29, 1.82) is 0 Å². The summed E-state index contributed by atoms with van der Waals surface area (Å²) < 4.78 is 0. The highest BCUT2D eigenvalue weighted by Gasteiger charge is 2.29. The lowest BCUT2D eigenvalue weighted by atomic mass is 10.1. The van der Waals surface area contributed by atoms with E-state index in [9.17, 15) is 14.4 Å². The lowest BCUT2D eigenvalue weighted by Gasteiger charge is -2.13. The topological polar surface area (TPSA) is 95.5 Å². The summed E-state index contributed by atoms with van der Waals surface area (Å²) >= 11 is 0. The van der Waals surface area contributed by atoms with E-state index in [-0.39, 0.29) is 30.6 Å². The number of carboxylic acid groups (broad SMARTS) is 1. The van der Waals surface area contributed by atoms with E-state index < -0.39 is 5.97 Å². The van der Waals surface area contributed by atoms with Crippen LogP contribution in [0.2, 0.25) is 0 Å². The van der Waals surface area contributed by atoms with Gasteiger partial charge in [-0.1, -0.05) is 6.07 Å². The fraction of sp³-hybridized carbons (Fsp3) is 0.438. The van der Waals surface area contributed by atoms with Crippen LogP contribution in [-0.4, -0.2) is 22.9 Å². The van der Waals surface area contributed by atoms with Gasteiger partial charge in [0.25, 0.3) is 0 Å². The van der Waals surface area contributed by atoms with Gasteiger partial charge in [0.15, 0.2) is 0 Å². The van der Waals surface area contributed by atoms with E-state index in [1.165, 1.54) is 0 Å². The smallest absolute Gasteiger partial charge is 0.303 e. The Kier molecular flexibility index (Phi) is 5.14. The van der Waals surface area contributed by atoms with Crippen LogP contribution in [0.1, 0.15) is 37.7 Å². The van der Waals surface area contributed by atoms with Crippen LogP contribution in [0.5, 0.6) is 0 Å². The number of carboxylic acids is 1. The Morgan fingerprint density at radius 2 is 1.77 bits per heavy atom. The molecule has 118 valence electrons. The number of carbonyl (C=O) groups is 3. The highest BCUT2D eigenvalue weighted by Crippen LogP contribution is 2.31. The molecule has 3 N–H and O–H groups in total. The summed E-state index contributed by atoms with van der Waals surface area (Å²) in [6, 6.07) is 5.33. The van der Waals surface area contributed by atoms with Gasteiger partial charge in [0.05, 0.1) is 0 Å². The third-order valence-electron chi connectivity index (χ3n) is 3.61. The second-order valence-electron chi connectivity index (χ2n) is 5.54. The first-order chi connectivity index (χ1) is 10.5. The summed E-state index contributed by atoms with van der Waals surface area (Å²) in [6.07, 6.45) is 2.31. The fourth-order valence-corrected chi connectivity index (χ4v) is 2.10. The maximum atomic E-state index is 11.8. The number of hydrogen-bond acceptors (Lipinski definition) is 3. The Morgan fingerprint density at radius 3 is 2.36 bits per heavy atom. The zero-order chi connectivity index (χ0) is 16.1. The first-order valence-electron chi connectivity index (χ1n) is 7.39. The summed E-state index contributed by atoms with van der Waals surface area (Å²) in [7, 11) is 0. The number of aliphatic carboxylic acids is 1. The SMILES string of the molecule is Cc1c(NC(=O)CCCC(=O)O)cccc1NC(=O)C1CC1. The number of hydrogen-bond donors (Lipinski definition) is 3. The van der Waals surface area contributed by atoms with Crippen LogP contribution in [0.4, 0.5) is 11.4 Å². The molecule has 1 aliphatic carbocycles. The lowest BCUT2D eigenvalue weighted by Crippen LogP contribution is -2.16. The maximum absolute atomic E-state index is 11.8. The molecule has 6 heteroatoms. The van der Waals surface area contributed by atoms with Gasteiger partial charge in [0.1, 0.15) is 0 Å². The van der Waals surface area contributed by atoms with Crippen LogP contribution in [0.25, 0.3) is 0 Å². The molecule has 6 nitrogen and oxygen atoms in total. The van der Waals surface area contributed by atoms with E-state index in [2.05, 4.69) is 10.6 Å². The molecule has 2 amide bonds. The highest BCUT2D eigenvalue weighted by molar-refractivity contribution is 5.97. The van der Waals surface area contributed by atoms with Gasteiger partial charge in [-0.05, 0) is 43.9 Å².